The average Bonchev–Trinajstić information content (AvgIpc) is 2.70. The van der Waals surface area contributed by atoms with E-state index in [1.807, 2.05) is 13.1 Å². The van der Waals surface area contributed by atoms with E-state index in [0.717, 1.165) is 25.5 Å². The lowest BCUT2D eigenvalue weighted by molar-refractivity contribution is 0.575. The minimum Gasteiger partial charge on any atom is -0.359 e. The van der Waals surface area contributed by atoms with Gasteiger partial charge in [-0.2, -0.15) is 0 Å². The molecule has 0 saturated carbocycles. The van der Waals surface area contributed by atoms with Crippen LogP contribution in [0.15, 0.2) is 12.3 Å². The van der Waals surface area contributed by atoms with E-state index in [-0.39, 0.29) is 0 Å². The summed E-state index contributed by atoms with van der Waals surface area (Å²) in [7, 11) is 2.04. The fourth-order valence-corrected chi connectivity index (χ4v) is 2.03. The van der Waals surface area contributed by atoms with Gasteiger partial charge >= 0.3 is 0 Å². The molecule has 2 rings (SSSR count). The molecule has 0 unspecified atom stereocenters. The molecule has 1 aliphatic heterocycles. The van der Waals surface area contributed by atoms with Gasteiger partial charge in [-0.25, -0.2) is 9.97 Å². The van der Waals surface area contributed by atoms with Gasteiger partial charge < -0.3 is 10.2 Å². The molecule has 1 fully saturated rings. The predicted octanol–water partition coefficient (Wildman–Crippen LogP) is 1.18. The zero-order valence-electron chi connectivity index (χ0n) is 8.78. The molecule has 1 aromatic rings. The van der Waals surface area contributed by atoms with Crippen molar-refractivity contribution in [2.24, 2.45) is 5.92 Å². The van der Waals surface area contributed by atoms with Crippen LogP contribution in [-0.2, 0) is 0 Å². The number of halogens is 1. The van der Waals surface area contributed by atoms with Crippen LogP contribution in [0.3, 0.4) is 0 Å². The summed E-state index contributed by atoms with van der Waals surface area (Å²) in [5.41, 5.74) is 0. The minimum absolute atomic E-state index is 0.309. The summed E-state index contributed by atoms with van der Waals surface area (Å²) in [5.74, 6) is 1.60. The van der Waals surface area contributed by atoms with Crippen LogP contribution in [0.1, 0.15) is 6.42 Å². The van der Waals surface area contributed by atoms with Gasteiger partial charge in [0, 0.05) is 19.8 Å². The highest BCUT2D eigenvalue weighted by Gasteiger charge is 2.17. The van der Waals surface area contributed by atoms with Gasteiger partial charge in [-0.15, -0.1) is 0 Å². The summed E-state index contributed by atoms with van der Waals surface area (Å²) in [6.07, 6.45) is 2.93. The zero-order valence-corrected chi connectivity index (χ0v) is 9.54. The summed E-state index contributed by atoms with van der Waals surface area (Å²) < 4.78 is 0. The Bertz CT molecular complexity index is 325. The second kappa shape index (κ2) is 4.77. The Balaban J connectivity index is 1.97. The van der Waals surface area contributed by atoms with Crippen LogP contribution in [0.2, 0.25) is 5.28 Å². The maximum absolute atomic E-state index is 5.74. The molecule has 0 spiro atoms. The first kappa shape index (κ1) is 10.6. The lowest BCUT2D eigenvalue weighted by atomic mass is 10.1. The van der Waals surface area contributed by atoms with Gasteiger partial charge in [-0.1, -0.05) is 0 Å². The summed E-state index contributed by atoms with van der Waals surface area (Å²) in [6, 6.07) is 1.88. The highest BCUT2D eigenvalue weighted by Crippen LogP contribution is 2.15. The van der Waals surface area contributed by atoms with E-state index in [2.05, 4.69) is 20.2 Å². The van der Waals surface area contributed by atoms with E-state index in [4.69, 9.17) is 11.6 Å². The number of hydrogen-bond donors (Lipinski definition) is 1. The number of anilines is 1. The Morgan fingerprint density at radius 1 is 1.67 bits per heavy atom. The number of aromatic nitrogens is 2. The van der Waals surface area contributed by atoms with Crippen molar-refractivity contribution in [3.8, 4) is 0 Å². The normalized spacial score (nSPS) is 20.5. The van der Waals surface area contributed by atoms with E-state index in [1.165, 1.54) is 6.42 Å². The molecule has 0 amide bonds. The topological polar surface area (TPSA) is 41.0 Å². The standard InChI is InChI=1S/C10H15ClN4/c1-15(7-8-2-4-12-6-8)9-3-5-13-10(11)14-9/h3,5,8,12H,2,4,6-7H2,1H3/t8-/m0/s1. The third-order valence-corrected chi connectivity index (χ3v) is 2.88. The average molecular weight is 227 g/mol. The van der Waals surface area contributed by atoms with Crippen LogP contribution in [0.25, 0.3) is 0 Å². The van der Waals surface area contributed by atoms with Crippen LogP contribution < -0.4 is 10.2 Å². The number of hydrogen-bond acceptors (Lipinski definition) is 4. The molecule has 0 bridgehead atoms. The number of rotatable bonds is 3. The molecule has 0 radical (unpaired) electrons. The van der Waals surface area contributed by atoms with Gasteiger partial charge in [0.25, 0.3) is 0 Å². The molecule has 0 aromatic carbocycles. The molecule has 5 heteroatoms. The quantitative estimate of drug-likeness (QED) is 0.786. The van der Waals surface area contributed by atoms with Crippen LogP contribution >= 0.6 is 11.6 Å². The number of nitrogens with one attached hydrogen (secondary N) is 1. The van der Waals surface area contributed by atoms with E-state index in [1.54, 1.807) is 6.20 Å². The molecule has 4 nitrogen and oxygen atoms in total. The van der Waals surface area contributed by atoms with Crippen LogP contribution in [0, 0.1) is 5.92 Å². The van der Waals surface area contributed by atoms with Gasteiger partial charge in [0.15, 0.2) is 0 Å². The Labute approximate surface area is 94.7 Å². The van der Waals surface area contributed by atoms with Gasteiger partial charge in [0.2, 0.25) is 5.28 Å². The number of nitrogens with zero attached hydrogens (tertiary/aromatic N) is 3. The van der Waals surface area contributed by atoms with Crippen LogP contribution in [0.5, 0.6) is 0 Å². The summed E-state index contributed by atoms with van der Waals surface area (Å²) in [4.78, 5) is 10.2. The van der Waals surface area contributed by atoms with Crippen molar-refractivity contribution in [1.29, 1.82) is 0 Å². The van der Waals surface area contributed by atoms with E-state index in [9.17, 15) is 0 Å². The molecule has 2 heterocycles. The Morgan fingerprint density at radius 3 is 3.20 bits per heavy atom. The monoisotopic (exact) mass is 226 g/mol. The second-order valence-electron chi connectivity index (χ2n) is 3.92. The highest BCUT2D eigenvalue weighted by atomic mass is 35.5. The van der Waals surface area contributed by atoms with Crippen molar-refractivity contribution < 1.29 is 0 Å². The fourth-order valence-electron chi connectivity index (χ4n) is 1.89. The highest BCUT2D eigenvalue weighted by molar-refractivity contribution is 6.28. The van der Waals surface area contributed by atoms with Gasteiger partial charge in [0.05, 0.1) is 0 Å². The second-order valence-corrected chi connectivity index (χ2v) is 4.26. The molecule has 15 heavy (non-hydrogen) atoms. The van der Waals surface area contributed by atoms with E-state index in [0.29, 0.717) is 11.2 Å². The van der Waals surface area contributed by atoms with Crippen molar-refractivity contribution in [3.63, 3.8) is 0 Å². The zero-order chi connectivity index (χ0) is 10.7. The van der Waals surface area contributed by atoms with Crippen molar-refractivity contribution >= 4 is 17.4 Å². The lowest BCUT2D eigenvalue weighted by Crippen LogP contribution is -2.27. The predicted molar refractivity (Wildman–Crippen MR) is 61.3 cm³/mol. The summed E-state index contributed by atoms with van der Waals surface area (Å²) in [6.45, 7) is 3.24. The summed E-state index contributed by atoms with van der Waals surface area (Å²) >= 11 is 5.74. The van der Waals surface area contributed by atoms with Crippen molar-refractivity contribution in [1.82, 2.24) is 15.3 Å². The SMILES string of the molecule is CN(C[C@H]1CCNC1)c1ccnc(Cl)n1. The van der Waals surface area contributed by atoms with Crippen LogP contribution in [0.4, 0.5) is 5.82 Å². The first-order chi connectivity index (χ1) is 7.25. The maximum atomic E-state index is 5.74. The third-order valence-electron chi connectivity index (χ3n) is 2.70. The van der Waals surface area contributed by atoms with Gasteiger partial charge in [0.1, 0.15) is 5.82 Å². The lowest BCUT2D eigenvalue weighted by Gasteiger charge is -2.21. The first-order valence-electron chi connectivity index (χ1n) is 5.16. The molecule has 82 valence electrons. The molecular formula is C10H15ClN4. The Hall–Kier alpha value is -0.870. The molecule has 1 atom stereocenters. The van der Waals surface area contributed by atoms with Crippen molar-refractivity contribution in [2.75, 3.05) is 31.6 Å². The fraction of sp³-hybridized carbons (Fsp3) is 0.600. The largest absolute Gasteiger partial charge is 0.359 e. The van der Waals surface area contributed by atoms with Crippen molar-refractivity contribution in [2.45, 2.75) is 6.42 Å². The third kappa shape index (κ3) is 2.79. The molecule has 0 aliphatic carbocycles. The van der Waals surface area contributed by atoms with Gasteiger partial charge in [-0.05, 0) is 43.1 Å². The first-order valence-corrected chi connectivity index (χ1v) is 5.54. The maximum Gasteiger partial charge on any atom is 0.224 e. The Kier molecular flexibility index (Phi) is 3.38. The molecular weight excluding hydrogens is 212 g/mol. The smallest absolute Gasteiger partial charge is 0.224 e. The molecule has 1 N–H and O–H groups in total. The molecule has 1 aromatic heterocycles. The van der Waals surface area contributed by atoms with E-state index >= 15 is 0 Å². The molecule has 1 aliphatic rings. The van der Waals surface area contributed by atoms with Crippen molar-refractivity contribution in [3.05, 3.63) is 17.5 Å². The summed E-state index contributed by atoms with van der Waals surface area (Å²) in [5, 5.41) is 3.66. The van der Waals surface area contributed by atoms with E-state index < -0.39 is 0 Å². The molecule has 1 saturated heterocycles. The Morgan fingerprint density at radius 2 is 2.53 bits per heavy atom. The minimum atomic E-state index is 0.309. The van der Waals surface area contributed by atoms with Gasteiger partial charge in [-0.3, -0.25) is 0 Å². The van der Waals surface area contributed by atoms with Crippen LogP contribution in [-0.4, -0.2) is 36.6 Å².